The molecule has 2 fully saturated rings. The van der Waals surface area contributed by atoms with Crippen molar-refractivity contribution >= 4 is 17.5 Å². The number of carbonyl (C=O) groups excluding carboxylic acids is 2. The first kappa shape index (κ1) is 21.2. The Morgan fingerprint density at radius 2 is 1.63 bits per heavy atom. The number of carbonyl (C=O) groups is 2. The van der Waals surface area contributed by atoms with E-state index in [4.69, 9.17) is 4.74 Å². The summed E-state index contributed by atoms with van der Waals surface area (Å²) in [4.78, 5) is 27.2. The Bertz CT molecular complexity index is 724. The van der Waals surface area contributed by atoms with Crippen LogP contribution < -0.4 is 15.5 Å². The van der Waals surface area contributed by atoms with E-state index < -0.39 is 0 Å². The predicted octanol–water partition coefficient (Wildman–Crippen LogP) is 2.51. The Morgan fingerprint density at radius 1 is 0.933 bits per heavy atom. The van der Waals surface area contributed by atoms with E-state index in [0.29, 0.717) is 25.7 Å². The summed E-state index contributed by atoms with van der Waals surface area (Å²) in [6.45, 7) is 4.76. The van der Waals surface area contributed by atoms with E-state index in [1.165, 1.54) is 11.3 Å². The van der Waals surface area contributed by atoms with E-state index in [1.54, 1.807) is 0 Å². The number of anilines is 1. The molecule has 0 spiro atoms. The number of hydrogen-bond acceptors (Lipinski definition) is 4. The van der Waals surface area contributed by atoms with Crippen LogP contribution in [0.1, 0.15) is 44.1 Å². The molecule has 6 heteroatoms. The summed E-state index contributed by atoms with van der Waals surface area (Å²) in [5, 5.41) is 6.30. The monoisotopic (exact) mass is 413 g/mol. The van der Waals surface area contributed by atoms with E-state index in [1.807, 2.05) is 0 Å². The van der Waals surface area contributed by atoms with Gasteiger partial charge in [0.2, 0.25) is 11.8 Å². The standard InChI is InChI=1S/C24H35N3O3/c28-23(25-12-14-27-13-9-19-3-1-2-4-22(19)27)20-7-5-18(6-8-20)17-26-24(29)21-10-15-30-16-11-21/h1-4,18,20-21H,5-17H2,(H,25,28)(H,26,29). The molecule has 1 aromatic carbocycles. The molecule has 1 aromatic rings. The van der Waals surface area contributed by atoms with Gasteiger partial charge < -0.3 is 20.3 Å². The first-order valence-corrected chi connectivity index (χ1v) is 11.7. The van der Waals surface area contributed by atoms with Crippen molar-refractivity contribution in [3.8, 4) is 0 Å². The van der Waals surface area contributed by atoms with Crippen molar-refractivity contribution in [2.45, 2.75) is 44.9 Å². The number of nitrogens with zero attached hydrogens (tertiary/aromatic N) is 1. The van der Waals surface area contributed by atoms with Crippen molar-refractivity contribution in [1.82, 2.24) is 10.6 Å². The molecule has 0 aromatic heterocycles. The van der Waals surface area contributed by atoms with Gasteiger partial charge in [-0.2, -0.15) is 0 Å². The lowest BCUT2D eigenvalue weighted by Crippen LogP contribution is -2.40. The molecule has 0 bridgehead atoms. The molecule has 6 nitrogen and oxygen atoms in total. The fourth-order valence-corrected chi connectivity index (χ4v) is 5.08. The number of ether oxygens (including phenoxy) is 1. The Labute approximate surface area is 179 Å². The van der Waals surface area contributed by atoms with E-state index in [2.05, 4.69) is 39.8 Å². The number of rotatable bonds is 7. The predicted molar refractivity (Wildman–Crippen MR) is 117 cm³/mol. The number of hydrogen-bond donors (Lipinski definition) is 2. The second-order valence-corrected chi connectivity index (χ2v) is 9.01. The van der Waals surface area contributed by atoms with Gasteiger partial charge in [0.05, 0.1) is 0 Å². The summed E-state index contributed by atoms with van der Waals surface area (Å²) in [5.74, 6) is 1.12. The summed E-state index contributed by atoms with van der Waals surface area (Å²) in [5.41, 5.74) is 2.72. The largest absolute Gasteiger partial charge is 0.381 e. The Balaban J connectivity index is 1.11. The molecule has 3 aliphatic rings. The molecule has 0 radical (unpaired) electrons. The average Bonchev–Trinajstić information content (AvgIpc) is 3.21. The molecular formula is C24H35N3O3. The zero-order valence-electron chi connectivity index (χ0n) is 17.9. The second-order valence-electron chi connectivity index (χ2n) is 9.01. The first-order chi connectivity index (χ1) is 14.7. The van der Waals surface area contributed by atoms with Gasteiger partial charge in [0.25, 0.3) is 0 Å². The van der Waals surface area contributed by atoms with Crippen LogP contribution in [0.5, 0.6) is 0 Å². The van der Waals surface area contributed by atoms with Gasteiger partial charge in [0.1, 0.15) is 0 Å². The molecule has 2 aliphatic heterocycles. The smallest absolute Gasteiger partial charge is 0.223 e. The third kappa shape index (κ3) is 5.34. The summed E-state index contributed by atoms with van der Waals surface area (Å²) >= 11 is 0. The number of benzene rings is 1. The van der Waals surface area contributed by atoms with Gasteiger partial charge in [0, 0.05) is 56.9 Å². The summed E-state index contributed by atoms with van der Waals surface area (Å²) < 4.78 is 5.33. The van der Waals surface area contributed by atoms with Gasteiger partial charge in [-0.1, -0.05) is 18.2 Å². The normalized spacial score (nSPS) is 24.3. The van der Waals surface area contributed by atoms with Gasteiger partial charge in [-0.25, -0.2) is 0 Å². The summed E-state index contributed by atoms with van der Waals surface area (Å²) in [7, 11) is 0. The van der Waals surface area contributed by atoms with E-state index in [-0.39, 0.29) is 23.7 Å². The van der Waals surface area contributed by atoms with Crippen molar-refractivity contribution < 1.29 is 14.3 Å². The highest BCUT2D eigenvalue weighted by molar-refractivity contribution is 5.79. The van der Waals surface area contributed by atoms with E-state index >= 15 is 0 Å². The highest BCUT2D eigenvalue weighted by Crippen LogP contribution is 2.29. The molecule has 30 heavy (non-hydrogen) atoms. The topological polar surface area (TPSA) is 70.7 Å². The Kier molecular flexibility index (Phi) is 7.26. The maximum atomic E-state index is 12.6. The van der Waals surface area contributed by atoms with Crippen molar-refractivity contribution in [3.05, 3.63) is 29.8 Å². The maximum Gasteiger partial charge on any atom is 0.223 e. The Morgan fingerprint density at radius 3 is 2.43 bits per heavy atom. The fraction of sp³-hybridized carbons (Fsp3) is 0.667. The quantitative estimate of drug-likeness (QED) is 0.721. The number of fused-ring (bicyclic) bond motifs is 1. The van der Waals surface area contributed by atoms with Crippen LogP contribution in [-0.2, 0) is 20.7 Å². The zero-order valence-corrected chi connectivity index (χ0v) is 17.9. The molecule has 0 unspecified atom stereocenters. The second kappa shape index (κ2) is 10.3. The number of nitrogens with one attached hydrogen (secondary N) is 2. The molecule has 2 N–H and O–H groups in total. The first-order valence-electron chi connectivity index (χ1n) is 11.7. The van der Waals surface area contributed by atoms with Crippen LogP contribution in [0.2, 0.25) is 0 Å². The van der Waals surface area contributed by atoms with Crippen LogP contribution in [0.4, 0.5) is 5.69 Å². The Hall–Kier alpha value is -2.08. The molecule has 2 amide bonds. The van der Waals surface area contributed by atoms with Crippen molar-refractivity contribution in [3.63, 3.8) is 0 Å². The summed E-state index contributed by atoms with van der Waals surface area (Å²) in [6.07, 6.45) is 6.66. The molecule has 2 heterocycles. The molecule has 164 valence electrons. The maximum absolute atomic E-state index is 12.6. The van der Waals surface area contributed by atoms with Crippen molar-refractivity contribution in [2.75, 3.05) is 44.3 Å². The van der Waals surface area contributed by atoms with Crippen LogP contribution in [0.15, 0.2) is 24.3 Å². The van der Waals surface area contributed by atoms with Crippen LogP contribution >= 0.6 is 0 Å². The van der Waals surface area contributed by atoms with E-state index in [9.17, 15) is 9.59 Å². The van der Waals surface area contributed by atoms with Crippen molar-refractivity contribution in [2.24, 2.45) is 17.8 Å². The third-order valence-electron chi connectivity index (χ3n) is 7.04. The lowest BCUT2D eigenvalue weighted by molar-refractivity contribution is -0.129. The molecule has 1 saturated heterocycles. The highest BCUT2D eigenvalue weighted by atomic mass is 16.5. The molecule has 0 atom stereocenters. The summed E-state index contributed by atoms with van der Waals surface area (Å²) in [6, 6.07) is 8.54. The molecule has 1 saturated carbocycles. The van der Waals surface area contributed by atoms with Crippen LogP contribution in [0, 0.1) is 17.8 Å². The minimum atomic E-state index is 0.114. The lowest BCUT2D eigenvalue weighted by atomic mass is 9.81. The molecule has 4 rings (SSSR count). The minimum Gasteiger partial charge on any atom is -0.381 e. The minimum absolute atomic E-state index is 0.114. The lowest BCUT2D eigenvalue weighted by Gasteiger charge is -2.29. The van der Waals surface area contributed by atoms with Gasteiger partial charge in [-0.3, -0.25) is 9.59 Å². The average molecular weight is 414 g/mol. The van der Waals surface area contributed by atoms with Gasteiger partial charge in [-0.15, -0.1) is 0 Å². The van der Waals surface area contributed by atoms with Crippen LogP contribution in [0.25, 0.3) is 0 Å². The van der Waals surface area contributed by atoms with Gasteiger partial charge >= 0.3 is 0 Å². The molecule has 1 aliphatic carbocycles. The number of para-hydroxylation sites is 1. The highest BCUT2D eigenvalue weighted by Gasteiger charge is 2.28. The van der Waals surface area contributed by atoms with Gasteiger partial charge in [-0.05, 0) is 62.5 Å². The van der Waals surface area contributed by atoms with Crippen LogP contribution in [0.3, 0.4) is 0 Å². The molecular weight excluding hydrogens is 378 g/mol. The fourth-order valence-electron chi connectivity index (χ4n) is 5.08. The van der Waals surface area contributed by atoms with E-state index in [0.717, 1.165) is 64.6 Å². The number of amides is 2. The van der Waals surface area contributed by atoms with Gasteiger partial charge in [0.15, 0.2) is 0 Å². The van der Waals surface area contributed by atoms with Crippen molar-refractivity contribution in [1.29, 1.82) is 0 Å². The van der Waals surface area contributed by atoms with Crippen LogP contribution in [-0.4, -0.2) is 51.2 Å². The third-order valence-corrected chi connectivity index (χ3v) is 7.04. The SMILES string of the molecule is O=C(NCCN1CCc2ccccc21)C1CCC(CNC(=O)C2CCOCC2)CC1. The zero-order chi connectivity index (χ0) is 20.8.